The molecule has 1 heteroatoms. The molecular formula is C27H46O. The first-order valence-corrected chi connectivity index (χ1v) is 12.4. The minimum atomic E-state index is -0.111. The van der Waals surface area contributed by atoms with Crippen molar-refractivity contribution in [1.29, 1.82) is 0 Å². The summed E-state index contributed by atoms with van der Waals surface area (Å²) in [6.45, 7) is 12.2. The van der Waals surface area contributed by atoms with Gasteiger partial charge in [-0.1, -0.05) is 77.2 Å². The average Bonchev–Trinajstić information content (AvgIpc) is 2.99. The summed E-state index contributed by atoms with van der Waals surface area (Å²) in [5.41, 5.74) is 3.73. The molecule has 0 aromatic carbocycles. The van der Waals surface area contributed by atoms with Crippen molar-refractivity contribution in [3.63, 3.8) is 0 Å². The van der Waals surface area contributed by atoms with Crippen LogP contribution in [0.2, 0.25) is 0 Å². The second kappa shape index (κ2) is 9.50. The SMILES string of the molecule is CC(C)CCC[C@@H](C)[C@H]1CC[C@H]2/C(=C/C=C3/C[C@@H](O)CCC3C)CCC[C@]12C. The van der Waals surface area contributed by atoms with Crippen LogP contribution in [0.3, 0.4) is 0 Å². The predicted molar refractivity (Wildman–Crippen MR) is 121 cm³/mol. The van der Waals surface area contributed by atoms with Crippen LogP contribution in [0.25, 0.3) is 0 Å². The van der Waals surface area contributed by atoms with E-state index in [9.17, 15) is 5.11 Å². The summed E-state index contributed by atoms with van der Waals surface area (Å²) in [4.78, 5) is 0. The molecule has 0 amide bonds. The van der Waals surface area contributed by atoms with Crippen LogP contribution in [0.1, 0.15) is 105 Å². The van der Waals surface area contributed by atoms with E-state index in [2.05, 4.69) is 46.8 Å². The Labute approximate surface area is 175 Å². The van der Waals surface area contributed by atoms with Gasteiger partial charge in [-0.05, 0) is 86.4 Å². The molecule has 3 saturated carbocycles. The van der Waals surface area contributed by atoms with Crippen molar-refractivity contribution in [2.24, 2.45) is 35.0 Å². The highest BCUT2D eigenvalue weighted by atomic mass is 16.3. The summed E-state index contributed by atoms with van der Waals surface area (Å²) in [5.74, 6) is 4.08. The van der Waals surface area contributed by atoms with Gasteiger partial charge in [0.1, 0.15) is 0 Å². The van der Waals surface area contributed by atoms with Crippen molar-refractivity contribution in [3.05, 3.63) is 23.3 Å². The Morgan fingerprint density at radius 2 is 1.79 bits per heavy atom. The van der Waals surface area contributed by atoms with Crippen LogP contribution < -0.4 is 0 Å². The lowest BCUT2D eigenvalue weighted by atomic mass is 9.60. The highest BCUT2D eigenvalue weighted by molar-refractivity contribution is 5.26. The van der Waals surface area contributed by atoms with Gasteiger partial charge in [-0.15, -0.1) is 0 Å². The van der Waals surface area contributed by atoms with Crippen molar-refractivity contribution in [2.45, 2.75) is 111 Å². The molecule has 0 bridgehead atoms. The van der Waals surface area contributed by atoms with Gasteiger partial charge in [0, 0.05) is 0 Å². The normalized spacial score (nSPS) is 40.2. The Balaban J connectivity index is 1.69. The van der Waals surface area contributed by atoms with Gasteiger partial charge >= 0.3 is 0 Å². The minimum absolute atomic E-state index is 0.111. The largest absolute Gasteiger partial charge is 0.393 e. The second-order valence-corrected chi connectivity index (χ2v) is 11.2. The molecule has 0 radical (unpaired) electrons. The molecule has 1 unspecified atom stereocenters. The number of rotatable bonds is 6. The Bertz CT molecular complexity index is 571. The minimum Gasteiger partial charge on any atom is -0.393 e. The molecule has 1 N–H and O–H groups in total. The standard InChI is InChI=1S/C27H46O/c1-19(2)8-6-9-21(4)25-15-16-26-22(10-7-17-27(25,26)5)12-13-23-18-24(28)14-11-20(23)3/h12-13,19-21,24-26,28H,6-11,14-18H2,1-5H3/b22-12+,23-13-/t20?,21-,24+,25-,26+,27-/m1/s1. The smallest absolute Gasteiger partial charge is 0.0577 e. The van der Waals surface area contributed by atoms with E-state index in [0.29, 0.717) is 11.3 Å². The summed E-state index contributed by atoms with van der Waals surface area (Å²) in [5, 5.41) is 10.1. The maximum Gasteiger partial charge on any atom is 0.0577 e. The predicted octanol–water partition coefficient (Wildman–Crippen LogP) is 7.70. The number of aliphatic hydroxyl groups is 1. The third-order valence-electron chi connectivity index (χ3n) is 8.71. The number of fused-ring (bicyclic) bond motifs is 1. The molecule has 3 aliphatic carbocycles. The molecule has 0 aromatic heterocycles. The first-order valence-electron chi connectivity index (χ1n) is 12.4. The summed E-state index contributed by atoms with van der Waals surface area (Å²) in [6, 6.07) is 0. The van der Waals surface area contributed by atoms with Gasteiger partial charge in [-0.25, -0.2) is 0 Å². The zero-order chi connectivity index (χ0) is 20.3. The van der Waals surface area contributed by atoms with Crippen molar-refractivity contribution in [1.82, 2.24) is 0 Å². The van der Waals surface area contributed by atoms with Crippen LogP contribution in [0.5, 0.6) is 0 Å². The molecular weight excluding hydrogens is 340 g/mol. The molecule has 3 rings (SSSR count). The van der Waals surface area contributed by atoms with Gasteiger partial charge in [-0.3, -0.25) is 0 Å². The summed E-state index contributed by atoms with van der Waals surface area (Å²) < 4.78 is 0. The maximum absolute atomic E-state index is 10.1. The van der Waals surface area contributed by atoms with Crippen molar-refractivity contribution < 1.29 is 5.11 Å². The molecule has 0 aromatic rings. The Morgan fingerprint density at radius 3 is 2.54 bits per heavy atom. The first-order chi connectivity index (χ1) is 13.3. The molecule has 1 nitrogen and oxygen atoms in total. The van der Waals surface area contributed by atoms with E-state index in [4.69, 9.17) is 0 Å². The monoisotopic (exact) mass is 386 g/mol. The molecule has 0 saturated heterocycles. The molecule has 3 aliphatic rings. The lowest BCUT2D eigenvalue weighted by Crippen LogP contribution is -2.36. The quantitative estimate of drug-likeness (QED) is 0.496. The van der Waals surface area contributed by atoms with Crippen molar-refractivity contribution >= 4 is 0 Å². The third kappa shape index (κ3) is 4.94. The zero-order valence-corrected chi connectivity index (χ0v) is 19.3. The van der Waals surface area contributed by atoms with Crippen LogP contribution in [-0.2, 0) is 0 Å². The fraction of sp³-hybridized carbons (Fsp3) is 0.852. The van der Waals surface area contributed by atoms with Crippen molar-refractivity contribution in [3.8, 4) is 0 Å². The topological polar surface area (TPSA) is 20.2 Å². The Kier molecular flexibility index (Phi) is 7.51. The van der Waals surface area contributed by atoms with Gasteiger partial charge in [0.15, 0.2) is 0 Å². The first kappa shape index (κ1) is 22.1. The van der Waals surface area contributed by atoms with Gasteiger partial charge in [0.05, 0.1) is 6.10 Å². The fourth-order valence-electron chi connectivity index (χ4n) is 6.91. The molecule has 3 fully saturated rings. The number of hydrogen-bond donors (Lipinski definition) is 1. The molecule has 0 heterocycles. The van der Waals surface area contributed by atoms with E-state index in [1.807, 2.05) is 0 Å². The Hall–Kier alpha value is -0.560. The van der Waals surface area contributed by atoms with Gasteiger partial charge in [0.25, 0.3) is 0 Å². The Morgan fingerprint density at radius 1 is 1.04 bits per heavy atom. The van der Waals surface area contributed by atoms with Gasteiger partial charge in [0.2, 0.25) is 0 Å². The molecule has 0 aliphatic heterocycles. The maximum atomic E-state index is 10.1. The third-order valence-corrected chi connectivity index (χ3v) is 8.71. The van der Waals surface area contributed by atoms with Crippen LogP contribution in [0.15, 0.2) is 23.3 Å². The van der Waals surface area contributed by atoms with Crippen LogP contribution in [0, 0.1) is 35.0 Å². The van der Waals surface area contributed by atoms with E-state index in [1.165, 1.54) is 56.9 Å². The van der Waals surface area contributed by atoms with Crippen LogP contribution >= 0.6 is 0 Å². The lowest BCUT2D eigenvalue weighted by molar-refractivity contribution is 0.0928. The zero-order valence-electron chi connectivity index (χ0n) is 19.3. The van der Waals surface area contributed by atoms with Gasteiger partial charge < -0.3 is 5.11 Å². The molecule has 0 spiro atoms. The van der Waals surface area contributed by atoms with E-state index in [1.54, 1.807) is 5.57 Å². The molecule has 28 heavy (non-hydrogen) atoms. The summed E-state index contributed by atoms with van der Waals surface area (Å²) in [6.07, 6.45) is 19.0. The summed E-state index contributed by atoms with van der Waals surface area (Å²) >= 11 is 0. The number of aliphatic hydroxyl groups excluding tert-OH is 1. The van der Waals surface area contributed by atoms with Crippen LogP contribution in [0.4, 0.5) is 0 Å². The summed E-state index contributed by atoms with van der Waals surface area (Å²) in [7, 11) is 0. The number of hydrogen-bond acceptors (Lipinski definition) is 1. The second-order valence-electron chi connectivity index (χ2n) is 11.2. The fourth-order valence-corrected chi connectivity index (χ4v) is 6.91. The highest BCUT2D eigenvalue weighted by Gasteiger charge is 2.50. The van der Waals surface area contributed by atoms with E-state index < -0.39 is 0 Å². The van der Waals surface area contributed by atoms with E-state index >= 15 is 0 Å². The average molecular weight is 387 g/mol. The highest BCUT2D eigenvalue weighted by Crippen LogP contribution is 2.59. The lowest BCUT2D eigenvalue weighted by Gasteiger charge is -2.44. The molecule has 6 atom stereocenters. The van der Waals surface area contributed by atoms with Crippen molar-refractivity contribution in [2.75, 3.05) is 0 Å². The number of allylic oxidation sites excluding steroid dienone is 3. The van der Waals surface area contributed by atoms with Gasteiger partial charge in [-0.2, -0.15) is 0 Å². The van der Waals surface area contributed by atoms with E-state index in [0.717, 1.165) is 42.9 Å². The molecule has 160 valence electrons. The van der Waals surface area contributed by atoms with E-state index in [-0.39, 0.29) is 6.10 Å². The van der Waals surface area contributed by atoms with Crippen LogP contribution in [-0.4, -0.2) is 11.2 Å².